The van der Waals surface area contributed by atoms with Crippen molar-refractivity contribution in [1.82, 2.24) is 20.0 Å². The molecule has 0 bridgehead atoms. The molecule has 2 aromatic carbocycles. The van der Waals surface area contributed by atoms with E-state index in [9.17, 15) is 9.18 Å². The Bertz CT molecular complexity index is 961. The zero-order valence-electron chi connectivity index (χ0n) is 16.5. The number of rotatable bonds is 5. The molecular weight excluding hydrogens is 367 g/mol. The zero-order chi connectivity index (χ0) is 20.3. The van der Waals surface area contributed by atoms with Crippen LogP contribution in [-0.2, 0) is 16.9 Å². The van der Waals surface area contributed by atoms with E-state index in [0.29, 0.717) is 0 Å². The summed E-state index contributed by atoms with van der Waals surface area (Å²) in [7, 11) is 0. The third-order valence-electron chi connectivity index (χ3n) is 5.66. The number of nitrogens with zero attached hydrogens (tertiary/aromatic N) is 3. The largest absolute Gasteiger partial charge is 0.347 e. The average Bonchev–Trinajstić information content (AvgIpc) is 3.25. The summed E-state index contributed by atoms with van der Waals surface area (Å²) in [4.78, 5) is 14.3. The summed E-state index contributed by atoms with van der Waals surface area (Å²) in [6, 6.07) is 16.7. The monoisotopic (exact) mass is 392 g/mol. The molecule has 1 fully saturated rings. The van der Waals surface area contributed by atoms with Gasteiger partial charge in [0, 0.05) is 39.0 Å². The number of aromatic nitrogens is 2. The van der Waals surface area contributed by atoms with Crippen molar-refractivity contribution in [3.8, 4) is 5.69 Å². The van der Waals surface area contributed by atoms with Crippen molar-refractivity contribution in [1.29, 1.82) is 0 Å². The fourth-order valence-corrected chi connectivity index (χ4v) is 4.20. The number of nitrogens with one attached hydrogen (secondary N) is 1. The molecule has 1 aromatic heterocycles. The summed E-state index contributed by atoms with van der Waals surface area (Å²) in [6.07, 6.45) is 5.29. The lowest BCUT2D eigenvalue weighted by Crippen LogP contribution is -2.52. The fourth-order valence-electron chi connectivity index (χ4n) is 4.20. The molecule has 0 saturated carbocycles. The van der Waals surface area contributed by atoms with E-state index in [4.69, 9.17) is 0 Å². The van der Waals surface area contributed by atoms with Crippen LogP contribution in [0.5, 0.6) is 0 Å². The number of hydrogen-bond acceptors (Lipinski definition) is 3. The van der Waals surface area contributed by atoms with Gasteiger partial charge in [-0.15, -0.1) is 0 Å². The zero-order valence-corrected chi connectivity index (χ0v) is 16.5. The van der Waals surface area contributed by atoms with Gasteiger partial charge in [0.15, 0.2) is 0 Å². The lowest BCUT2D eigenvalue weighted by molar-refractivity contribution is -0.121. The molecule has 0 aliphatic carbocycles. The second-order valence-corrected chi connectivity index (χ2v) is 7.63. The summed E-state index contributed by atoms with van der Waals surface area (Å²) < 4.78 is 15.3. The summed E-state index contributed by atoms with van der Waals surface area (Å²) in [5, 5.41) is 7.51. The van der Waals surface area contributed by atoms with Crippen molar-refractivity contribution < 1.29 is 9.18 Å². The Hall–Kier alpha value is -2.99. The van der Waals surface area contributed by atoms with Crippen LogP contribution in [-0.4, -0.2) is 33.7 Å². The first kappa shape index (κ1) is 19.3. The normalized spacial score (nSPS) is 16.5. The minimum Gasteiger partial charge on any atom is -0.347 e. The number of para-hydroxylation sites is 1. The van der Waals surface area contributed by atoms with Crippen LogP contribution in [0.2, 0.25) is 0 Å². The molecule has 1 N–H and O–H groups in total. The number of amides is 1. The van der Waals surface area contributed by atoms with Crippen LogP contribution >= 0.6 is 0 Å². The number of halogens is 1. The van der Waals surface area contributed by atoms with Gasteiger partial charge < -0.3 is 5.32 Å². The molecule has 0 atom stereocenters. The maximum atomic E-state index is 13.4. The number of benzene rings is 2. The predicted molar refractivity (Wildman–Crippen MR) is 110 cm³/mol. The first-order chi connectivity index (χ1) is 14.1. The van der Waals surface area contributed by atoms with Crippen molar-refractivity contribution in [3.05, 3.63) is 83.9 Å². The van der Waals surface area contributed by atoms with Gasteiger partial charge in [-0.25, -0.2) is 9.07 Å². The van der Waals surface area contributed by atoms with Gasteiger partial charge in [0.25, 0.3) is 0 Å². The minimum absolute atomic E-state index is 0.0631. The fraction of sp³-hybridized carbons (Fsp3) is 0.304. The van der Waals surface area contributed by atoms with Gasteiger partial charge in [-0.3, -0.25) is 9.69 Å². The molecule has 1 aliphatic heterocycles. The van der Waals surface area contributed by atoms with Crippen LogP contribution in [0.4, 0.5) is 4.39 Å². The highest BCUT2D eigenvalue weighted by molar-refractivity contribution is 5.74. The molecule has 150 valence electrons. The van der Waals surface area contributed by atoms with E-state index in [1.807, 2.05) is 29.1 Å². The van der Waals surface area contributed by atoms with Crippen LogP contribution < -0.4 is 5.32 Å². The third-order valence-corrected chi connectivity index (χ3v) is 5.66. The standard InChI is InChI=1S/C23H25FN4O/c1-18(29)26-23(20-7-9-21(24)10-8-20)11-15-27(16-12-23)17-19-5-2-3-6-22(19)28-14-4-13-25-28/h2-10,13-14H,11-12,15-17H2,1H3,(H,26,29). The van der Waals surface area contributed by atoms with E-state index in [1.165, 1.54) is 24.6 Å². The van der Waals surface area contributed by atoms with E-state index in [2.05, 4.69) is 27.4 Å². The Morgan fingerprint density at radius 2 is 1.83 bits per heavy atom. The summed E-state index contributed by atoms with van der Waals surface area (Å²) in [6.45, 7) is 4.03. The second-order valence-electron chi connectivity index (χ2n) is 7.63. The van der Waals surface area contributed by atoms with E-state index < -0.39 is 5.54 Å². The molecular formula is C23H25FN4O. The van der Waals surface area contributed by atoms with E-state index in [1.54, 1.807) is 18.3 Å². The van der Waals surface area contributed by atoms with Crippen LogP contribution in [0.3, 0.4) is 0 Å². The number of hydrogen-bond donors (Lipinski definition) is 1. The first-order valence-electron chi connectivity index (χ1n) is 9.91. The average molecular weight is 392 g/mol. The topological polar surface area (TPSA) is 50.2 Å². The molecule has 0 spiro atoms. The predicted octanol–water partition coefficient (Wildman–Crippen LogP) is 3.64. The quantitative estimate of drug-likeness (QED) is 0.721. The van der Waals surface area contributed by atoms with Gasteiger partial charge in [-0.1, -0.05) is 30.3 Å². The SMILES string of the molecule is CC(=O)NC1(c2ccc(F)cc2)CCN(Cc2ccccc2-n2cccn2)CC1. The molecule has 2 heterocycles. The minimum atomic E-state index is -0.447. The van der Waals surface area contributed by atoms with Crippen LogP contribution in [0.25, 0.3) is 5.69 Å². The van der Waals surface area contributed by atoms with Crippen molar-refractivity contribution in [2.24, 2.45) is 0 Å². The first-order valence-corrected chi connectivity index (χ1v) is 9.91. The number of carbonyl (C=O) groups excluding carboxylic acids is 1. The smallest absolute Gasteiger partial charge is 0.217 e. The van der Waals surface area contributed by atoms with Crippen molar-refractivity contribution >= 4 is 5.91 Å². The van der Waals surface area contributed by atoms with Crippen LogP contribution in [0.1, 0.15) is 30.9 Å². The third kappa shape index (κ3) is 4.22. The van der Waals surface area contributed by atoms with Gasteiger partial charge in [0.1, 0.15) is 5.82 Å². The molecule has 29 heavy (non-hydrogen) atoms. The van der Waals surface area contributed by atoms with Gasteiger partial charge in [-0.2, -0.15) is 5.10 Å². The number of carbonyl (C=O) groups is 1. The van der Waals surface area contributed by atoms with Gasteiger partial charge in [0.05, 0.1) is 11.2 Å². The molecule has 3 aromatic rings. The van der Waals surface area contributed by atoms with Gasteiger partial charge in [0.2, 0.25) is 5.91 Å². The molecule has 1 saturated heterocycles. The summed E-state index contributed by atoms with van der Waals surface area (Å²) in [5.74, 6) is -0.328. The van der Waals surface area contributed by atoms with Gasteiger partial charge in [-0.05, 0) is 48.2 Å². The molecule has 1 aliphatic rings. The second kappa shape index (κ2) is 8.17. The highest BCUT2D eigenvalue weighted by atomic mass is 19.1. The Morgan fingerprint density at radius 3 is 2.48 bits per heavy atom. The highest BCUT2D eigenvalue weighted by Crippen LogP contribution is 2.34. The van der Waals surface area contributed by atoms with Crippen molar-refractivity contribution in [2.75, 3.05) is 13.1 Å². The summed E-state index contributed by atoms with van der Waals surface area (Å²) in [5.41, 5.74) is 2.81. The van der Waals surface area contributed by atoms with E-state index >= 15 is 0 Å². The number of piperidine rings is 1. The van der Waals surface area contributed by atoms with E-state index in [0.717, 1.165) is 43.7 Å². The lowest BCUT2D eigenvalue weighted by atomic mass is 9.80. The van der Waals surface area contributed by atoms with Gasteiger partial charge >= 0.3 is 0 Å². The molecule has 6 heteroatoms. The Labute approximate surface area is 170 Å². The molecule has 4 rings (SSSR count). The summed E-state index contributed by atoms with van der Waals surface area (Å²) >= 11 is 0. The van der Waals surface area contributed by atoms with Crippen LogP contribution in [0.15, 0.2) is 67.0 Å². The molecule has 0 unspecified atom stereocenters. The number of likely N-dealkylation sites (tertiary alicyclic amines) is 1. The van der Waals surface area contributed by atoms with E-state index in [-0.39, 0.29) is 11.7 Å². The Balaban J connectivity index is 1.51. The lowest BCUT2D eigenvalue weighted by Gasteiger charge is -2.43. The van der Waals surface area contributed by atoms with Crippen LogP contribution in [0, 0.1) is 5.82 Å². The Morgan fingerprint density at radius 1 is 1.10 bits per heavy atom. The molecule has 1 amide bonds. The maximum Gasteiger partial charge on any atom is 0.217 e. The van der Waals surface area contributed by atoms with Crippen molar-refractivity contribution in [2.45, 2.75) is 31.8 Å². The highest BCUT2D eigenvalue weighted by Gasteiger charge is 2.37. The molecule has 5 nitrogen and oxygen atoms in total. The Kier molecular flexibility index (Phi) is 5.45. The maximum absolute atomic E-state index is 13.4. The molecule has 0 radical (unpaired) electrons. The van der Waals surface area contributed by atoms with Crippen molar-refractivity contribution in [3.63, 3.8) is 0 Å².